The molecule has 2 N–H and O–H groups in total. The second-order valence-electron chi connectivity index (χ2n) is 11.9. The van der Waals surface area contributed by atoms with Gasteiger partial charge >= 0.3 is 0 Å². The Morgan fingerprint density at radius 3 is 2.37 bits per heavy atom. The van der Waals surface area contributed by atoms with E-state index in [9.17, 15) is 18.0 Å². The molecule has 1 aromatic carbocycles. The first-order valence-electron chi connectivity index (χ1n) is 14.6. The molecule has 1 amide bonds. The molecule has 38 heavy (non-hydrogen) atoms. The summed E-state index contributed by atoms with van der Waals surface area (Å²) in [6, 6.07) is 10.3. The van der Waals surface area contributed by atoms with Crippen molar-refractivity contribution in [1.29, 1.82) is 0 Å². The predicted octanol–water partition coefficient (Wildman–Crippen LogP) is 4.40. The van der Waals surface area contributed by atoms with E-state index in [4.69, 9.17) is 4.74 Å². The molecule has 1 aromatic rings. The molecule has 0 heterocycles. The van der Waals surface area contributed by atoms with Crippen molar-refractivity contribution in [2.45, 2.75) is 101 Å². The molecule has 4 rings (SSSR count). The second-order valence-corrected chi connectivity index (χ2v) is 13.9. The van der Waals surface area contributed by atoms with E-state index in [-0.39, 0.29) is 36.1 Å². The largest absolute Gasteiger partial charge is 0.380 e. The number of Topliss-reactive ketones (excluding diaryl/α,β-unsaturated/α-hetero) is 1. The van der Waals surface area contributed by atoms with Gasteiger partial charge in [0.15, 0.2) is 0 Å². The maximum absolute atomic E-state index is 13.6. The molecule has 3 fully saturated rings. The van der Waals surface area contributed by atoms with Crippen molar-refractivity contribution in [2.75, 3.05) is 13.7 Å². The Morgan fingerprint density at radius 2 is 1.68 bits per heavy atom. The number of methoxy groups -OCH3 is 1. The van der Waals surface area contributed by atoms with Crippen molar-refractivity contribution >= 4 is 21.7 Å². The topological polar surface area (TPSA) is 102 Å². The minimum Gasteiger partial charge on any atom is -0.380 e. The van der Waals surface area contributed by atoms with Crippen LogP contribution in [-0.2, 0) is 30.8 Å². The van der Waals surface area contributed by atoms with Crippen LogP contribution in [0.25, 0.3) is 0 Å². The van der Waals surface area contributed by atoms with Gasteiger partial charge < -0.3 is 10.1 Å². The molecular weight excluding hydrogens is 500 g/mol. The van der Waals surface area contributed by atoms with Gasteiger partial charge in [-0.05, 0) is 82.1 Å². The first kappa shape index (κ1) is 29.2. The molecule has 7 nitrogen and oxygen atoms in total. The summed E-state index contributed by atoms with van der Waals surface area (Å²) >= 11 is 0. The number of rotatable bonds is 12. The quantitative estimate of drug-likeness (QED) is 0.405. The van der Waals surface area contributed by atoms with Gasteiger partial charge in [0.2, 0.25) is 15.9 Å². The average Bonchev–Trinajstić information content (AvgIpc) is 3.33. The van der Waals surface area contributed by atoms with E-state index in [1.165, 1.54) is 32.1 Å². The number of carbonyl (C=O) groups excluding carboxylic acids is 2. The minimum atomic E-state index is -3.53. The summed E-state index contributed by atoms with van der Waals surface area (Å²) in [5.74, 6) is 1.21. The van der Waals surface area contributed by atoms with Crippen LogP contribution in [0, 0.1) is 23.7 Å². The summed E-state index contributed by atoms with van der Waals surface area (Å²) in [6.07, 6.45) is 10.2. The molecule has 0 saturated heterocycles. The lowest BCUT2D eigenvalue weighted by atomic mass is 9.80. The molecule has 8 heteroatoms. The number of fused-ring (bicyclic) bond motifs is 1. The SMILES string of the molecule is CO[C@H](CNS(=O)(=O)C1CCC(C(C)=O)CC1)C[C@@H](Cc1ccccc1)C(=O)NC1CCC2CCCCC21. The Hall–Kier alpha value is -1.77. The minimum absolute atomic E-state index is 0.0193. The Labute approximate surface area is 228 Å². The van der Waals surface area contributed by atoms with Crippen LogP contribution in [0.1, 0.15) is 83.1 Å². The molecule has 0 bridgehead atoms. The summed E-state index contributed by atoms with van der Waals surface area (Å²) in [6.45, 7) is 1.72. The Kier molecular flexibility index (Phi) is 10.4. The number of sulfonamides is 1. The molecule has 0 aromatic heterocycles. The zero-order valence-electron chi connectivity index (χ0n) is 23.1. The molecule has 212 valence electrons. The van der Waals surface area contributed by atoms with Crippen molar-refractivity contribution in [3.05, 3.63) is 35.9 Å². The highest BCUT2D eigenvalue weighted by atomic mass is 32.2. The number of nitrogens with one attached hydrogen (secondary N) is 2. The van der Waals surface area contributed by atoms with Crippen LogP contribution in [0.2, 0.25) is 0 Å². The van der Waals surface area contributed by atoms with E-state index in [1.807, 2.05) is 30.3 Å². The van der Waals surface area contributed by atoms with Crippen LogP contribution in [0.4, 0.5) is 0 Å². The zero-order chi connectivity index (χ0) is 27.1. The summed E-state index contributed by atoms with van der Waals surface area (Å²) in [5, 5.41) is 2.92. The van der Waals surface area contributed by atoms with Gasteiger partial charge in [-0.15, -0.1) is 0 Å². The second kappa shape index (κ2) is 13.5. The van der Waals surface area contributed by atoms with Crippen LogP contribution < -0.4 is 10.0 Å². The fourth-order valence-corrected chi connectivity index (χ4v) is 8.63. The monoisotopic (exact) mass is 546 g/mol. The van der Waals surface area contributed by atoms with Crippen molar-refractivity contribution in [2.24, 2.45) is 23.7 Å². The Balaban J connectivity index is 1.37. The van der Waals surface area contributed by atoms with Crippen molar-refractivity contribution < 1.29 is 22.7 Å². The number of hydrogen-bond acceptors (Lipinski definition) is 5. The van der Waals surface area contributed by atoms with E-state index >= 15 is 0 Å². The number of ketones is 1. The van der Waals surface area contributed by atoms with Gasteiger partial charge in [-0.2, -0.15) is 0 Å². The molecule has 3 saturated carbocycles. The predicted molar refractivity (Wildman–Crippen MR) is 149 cm³/mol. The van der Waals surface area contributed by atoms with E-state index in [0.29, 0.717) is 44.4 Å². The van der Waals surface area contributed by atoms with Crippen LogP contribution in [0.15, 0.2) is 30.3 Å². The van der Waals surface area contributed by atoms with Crippen molar-refractivity contribution in [3.8, 4) is 0 Å². The fraction of sp³-hybridized carbons (Fsp3) is 0.733. The van der Waals surface area contributed by atoms with Crippen LogP contribution in [-0.4, -0.2) is 51.2 Å². The number of amides is 1. The number of benzene rings is 1. The molecule has 3 aliphatic rings. The highest BCUT2D eigenvalue weighted by Crippen LogP contribution is 2.42. The Bertz CT molecular complexity index is 1020. The molecule has 0 spiro atoms. The van der Waals surface area contributed by atoms with Crippen LogP contribution >= 0.6 is 0 Å². The molecule has 0 aliphatic heterocycles. The molecule has 0 radical (unpaired) electrons. The molecule has 3 aliphatic carbocycles. The van der Waals surface area contributed by atoms with Crippen molar-refractivity contribution in [3.63, 3.8) is 0 Å². The van der Waals surface area contributed by atoms with Crippen LogP contribution in [0.3, 0.4) is 0 Å². The van der Waals surface area contributed by atoms with Gasteiger partial charge in [-0.1, -0.05) is 49.6 Å². The summed E-state index contributed by atoms with van der Waals surface area (Å²) < 4.78 is 34.5. The molecular formula is C30H46N2O5S. The normalized spacial score (nSPS) is 29.3. The van der Waals surface area contributed by atoms with Gasteiger partial charge in [-0.25, -0.2) is 13.1 Å². The zero-order valence-corrected chi connectivity index (χ0v) is 23.9. The summed E-state index contributed by atoms with van der Waals surface area (Å²) in [4.78, 5) is 25.3. The van der Waals surface area contributed by atoms with Gasteiger partial charge in [-0.3, -0.25) is 9.59 Å². The van der Waals surface area contributed by atoms with Gasteiger partial charge in [0.25, 0.3) is 0 Å². The third kappa shape index (κ3) is 7.66. The van der Waals surface area contributed by atoms with Gasteiger partial charge in [0.05, 0.1) is 11.4 Å². The van der Waals surface area contributed by atoms with E-state index < -0.39 is 21.4 Å². The van der Waals surface area contributed by atoms with Crippen molar-refractivity contribution in [1.82, 2.24) is 10.0 Å². The highest BCUT2D eigenvalue weighted by Gasteiger charge is 2.39. The third-order valence-corrected chi connectivity index (χ3v) is 11.4. The standard InChI is InChI=1S/C30H46N2O5S/c1-21(33)23-12-15-27(16-13-23)38(35,36)31-20-26(37-2)19-25(18-22-8-4-3-5-9-22)30(34)32-29-17-14-24-10-6-7-11-28(24)29/h3-5,8-9,23-29,31H,6-7,10-20H2,1-2H3,(H,32,34)/t23?,24?,25-,26+,27?,28?,29?/m1/s1. The van der Waals surface area contributed by atoms with Gasteiger partial charge in [0, 0.05) is 31.5 Å². The lowest BCUT2D eigenvalue weighted by Crippen LogP contribution is -2.45. The van der Waals surface area contributed by atoms with E-state index in [0.717, 1.165) is 17.9 Å². The maximum Gasteiger partial charge on any atom is 0.223 e. The fourth-order valence-electron chi connectivity index (χ4n) is 7.08. The smallest absolute Gasteiger partial charge is 0.223 e. The number of hydrogen-bond donors (Lipinski definition) is 2. The maximum atomic E-state index is 13.6. The summed E-state index contributed by atoms with van der Waals surface area (Å²) in [7, 11) is -1.94. The van der Waals surface area contributed by atoms with Gasteiger partial charge in [0.1, 0.15) is 5.78 Å². The lowest BCUT2D eigenvalue weighted by Gasteiger charge is -2.31. The number of ether oxygens (including phenoxy) is 1. The lowest BCUT2D eigenvalue weighted by molar-refractivity contribution is -0.127. The average molecular weight is 547 g/mol. The van der Waals surface area contributed by atoms with E-state index in [1.54, 1.807) is 14.0 Å². The Morgan fingerprint density at radius 1 is 0.974 bits per heavy atom. The first-order valence-corrected chi connectivity index (χ1v) is 16.2. The first-order chi connectivity index (χ1) is 18.3. The summed E-state index contributed by atoms with van der Waals surface area (Å²) in [5.41, 5.74) is 1.09. The molecule has 3 unspecified atom stereocenters. The number of carbonyl (C=O) groups is 2. The third-order valence-electron chi connectivity index (χ3n) is 9.44. The molecule has 5 atom stereocenters. The highest BCUT2D eigenvalue weighted by molar-refractivity contribution is 7.90. The van der Waals surface area contributed by atoms with E-state index in [2.05, 4.69) is 10.0 Å². The van der Waals surface area contributed by atoms with Crippen LogP contribution in [0.5, 0.6) is 0 Å².